The fourth-order valence-electron chi connectivity index (χ4n) is 1.67. The van der Waals surface area contributed by atoms with E-state index < -0.39 is 24.5 Å². The smallest absolute Gasteiger partial charge is 0.331 e. The SMILES string of the molecule is Cc1ccc(/C=C/C(=O)OCC(=O)NC(=O)NC2CC2)cc1Cl. The Labute approximate surface area is 138 Å². The van der Waals surface area contributed by atoms with Gasteiger partial charge in [0.1, 0.15) is 0 Å². The third-order valence-corrected chi connectivity index (χ3v) is 3.53. The normalized spacial score (nSPS) is 13.7. The van der Waals surface area contributed by atoms with Gasteiger partial charge in [-0.25, -0.2) is 9.59 Å². The van der Waals surface area contributed by atoms with Gasteiger partial charge in [-0.1, -0.05) is 23.7 Å². The molecule has 1 aromatic carbocycles. The molecule has 3 amide bonds. The molecule has 2 rings (SSSR count). The quantitative estimate of drug-likeness (QED) is 0.637. The molecule has 0 aromatic heterocycles. The summed E-state index contributed by atoms with van der Waals surface area (Å²) in [6.45, 7) is 1.36. The lowest BCUT2D eigenvalue weighted by molar-refractivity contribution is -0.143. The van der Waals surface area contributed by atoms with Gasteiger partial charge in [0, 0.05) is 17.1 Å². The topological polar surface area (TPSA) is 84.5 Å². The zero-order valence-corrected chi connectivity index (χ0v) is 13.4. The van der Waals surface area contributed by atoms with Crippen molar-refractivity contribution >= 4 is 35.6 Å². The molecule has 1 saturated carbocycles. The fraction of sp³-hybridized carbons (Fsp3) is 0.312. The lowest BCUT2D eigenvalue weighted by Gasteiger charge is -2.05. The van der Waals surface area contributed by atoms with Crippen LogP contribution in [-0.4, -0.2) is 30.6 Å². The predicted octanol–water partition coefficient (Wildman–Crippen LogP) is 2.19. The number of nitrogens with one attached hydrogen (secondary N) is 2. The Kier molecular flexibility index (Phi) is 5.76. The van der Waals surface area contributed by atoms with Gasteiger partial charge in [-0.05, 0) is 43.0 Å². The van der Waals surface area contributed by atoms with Crippen molar-refractivity contribution < 1.29 is 19.1 Å². The molecule has 122 valence electrons. The summed E-state index contributed by atoms with van der Waals surface area (Å²) in [5.74, 6) is -1.36. The number of hydrogen-bond donors (Lipinski definition) is 2. The fourth-order valence-corrected chi connectivity index (χ4v) is 1.86. The lowest BCUT2D eigenvalue weighted by Crippen LogP contribution is -2.42. The number of amides is 3. The highest BCUT2D eigenvalue weighted by molar-refractivity contribution is 6.31. The second-order valence-electron chi connectivity index (χ2n) is 5.25. The van der Waals surface area contributed by atoms with Crippen molar-refractivity contribution in [3.05, 3.63) is 40.4 Å². The van der Waals surface area contributed by atoms with Crippen molar-refractivity contribution in [3.8, 4) is 0 Å². The van der Waals surface area contributed by atoms with Crippen molar-refractivity contribution in [2.45, 2.75) is 25.8 Å². The summed E-state index contributed by atoms with van der Waals surface area (Å²) in [6.07, 6.45) is 4.57. The van der Waals surface area contributed by atoms with Crippen molar-refractivity contribution in [1.82, 2.24) is 10.6 Å². The number of aryl methyl sites for hydroxylation is 1. The van der Waals surface area contributed by atoms with E-state index in [2.05, 4.69) is 10.6 Å². The van der Waals surface area contributed by atoms with Crippen molar-refractivity contribution in [2.24, 2.45) is 0 Å². The summed E-state index contributed by atoms with van der Waals surface area (Å²) in [6, 6.07) is 4.93. The van der Waals surface area contributed by atoms with E-state index in [1.54, 1.807) is 12.1 Å². The van der Waals surface area contributed by atoms with E-state index in [9.17, 15) is 14.4 Å². The molecular formula is C16H17ClN2O4. The van der Waals surface area contributed by atoms with Crippen LogP contribution in [0, 0.1) is 6.92 Å². The van der Waals surface area contributed by atoms with E-state index in [4.69, 9.17) is 16.3 Å². The maximum Gasteiger partial charge on any atom is 0.331 e. The van der Waals surface area contributed by atoms with Crippen LogP contribution >= 0.6 is 11.6 Å². The Morgan fingerprint density at radius 1 is 1.35 bits per heavy atom. The molecule has 0 aliphatic heterocycles. The number of carbonyl (C=O) groups is 3. The Hall–Kier alpha value is -2.34. The molecule has 23 heavy (non-hydrogen) atoms. The Morgan fingerprint density at radius 2 is 2.09 bits per heavy atom. The van der Waals surface area contributed by atoms with Gasteiger partial charge in [0.2, 0.25) is 0 Å². The zero-order valence-electron chi connectivity index (χ0n) is 12.6. The highest BCUT2D eigenvalue weighted by Gasteiger charge is 2.23. The third-order valence-electron chi connectivity index (χ3n) is 3.12. The zero-order chi connectivity index (χ0) is 16.8. The molecule has 1 aromatic rings. The molecule has 2 N–H and O–H groups in total. The van der Waals surface area contributed by atoms with Gasteiger partial charge in [-0.2, -0.15) is 0 Å². The maximum atomic E-state index is 11.5. The van der Waals surface area contributed by atoms with Crippen LogP contribution in [0.1, 0.15) is 24.0 Å². The number of carbonyl (C=O) groups excluding carboxylic acids is 3. The van der Waals surface area contributed by atoms with Crippen LogP contribution in [0.15, 0.2) is 24.3 Å². The maximum absolute atomic E-state index is 11.5. The summed E-state index contributed by atoms with van der Waals surface area (Å²) in [5, 5.41) is 5.28. The van der Waals surface area contributed by atoms with Crippen LogP contribution in [0.4, 0.5) is 4.79 Å². The number of benzene rings is 1. The second kappa shape index (κ2) is 7.78. The minimum absolute atomic E-state index is 0.148. The van der Waals surface area contributed by atoms with Crippen LogP contribution in [0.3, 0.4) is 0 Å². The largest absolute Gasteiger partial charge is 0.452 e. The van der Waals surface area contributed by atoms with Crippen LogP contribution in [0.2, 0.25) is 5.02 Å². The van der Waals surface area contributed by atoms with Gasteiger partial charge in [0.15, 0.2) is 6.61 Å². The standard InChI is InChI=1S/C16H17ClN2O4/c1-10-2-3-11(8-13(10)17)4-7-15(21)23-9-14(20)19-16(22)18-12-5-6-12/h2-4,7-8,12H,5-6,9H2,1H3,(H2,18,19,20,22)/b7-4+. The predicted molar refractivity (Wildman–Crippen MR) is 85.9 cm³/mol. The number of rotatable bonds is 5. The average molecular weight is 337 g/mol. The molecule has 0 unspecified atom stereocenters. The molecule has 6 nitrogen and oxygen atoms in total. The first-order valence-corrected chi connectivity index (χ1v) is 7.53. The van der Waals surface area contributed by atoms with Gasteiger partial charge in [-0.3, -0.25) is 10.1 Å². The summed E-state index contributed by atoms with van der Waals surface area (Å²) >= 11 is 5.98. The first-order chi connectivity index (χ1) is 10.9. The lowest BCUT2D eigenvalue weighted by atomic mass is 10.1. The number of hydrogen-bond acceptors (Lipinski definition) is 4. The Morgan fingerprint density at radius 3 is 2.74 bits per heavy atom. The van der Waals surface area contributed by atoms with Gasteiger partial charge in [0.05, 0.1) is 0 Å². The minimum Gasteiger partial charge on any atom is -0.452 e. The highest BCUT2D eigenvalue weighted by atomic mass is 35.5. The second-order valence-corrected chi connectivity index (χ2v) is 5.65. The summed E-state index contributed by atoms with van der Waals surface area (Å²) in [7, 11) is 0. The Bertz CT molecular complexity index is 653. The third kappa shape index (κ3) is 6.12. The van der Waals surface area contributed by atoms with Gasteiger partial charge >= 0.3 is 12.0 Å². The van der Waals surface area contributed by atoms with E-state index in [0.717, 1.165) is 24.0 Å². The van der Waals surface area contributed by atoms with E-state index in [0.29, 0.717) is 5.02 Å². The number of halogens is 1. The number of esters is 1. The van der Waals surface area contributed by atoms with E-state index >= 15 is 0 Å². The highest BCUT2D eigenvalue weighted by Crippen LogP contribution is 2.18. The number of urea groups is 1. The molecule has 0 radical (unpaired) electrons. The van der Waals surface area contributed by atoms with E-state index in [-0.39, 0.29) is 6.04 Å². The first kappa shape index (κ1) is 17.0. The van der Waals surface area contributed by atoms with Gasteiger partial charge in [-0.15, -0.1) is 0 Å². The molecule has 0 heterocycles. The molecular weight excluding hydrogens is 320 g/mol. The molecule has 0 spiro atoms. The number of imide groups is 1. The first-order valence-electron chi connectivity index (χ1n) is 7.15. The van der Waals surface area contributed by atoms with E-state index in [1.807, 2.05) is 13.0 Å². The van der Waals surface area contributed by atoms with Crippen LogP contribution in [-0.2, 0) is 14.3 Å². The van der Waals surface area contributed by atoms with E-state index in [1.165, 1.54) is 12.2 Å². The van der Waals surface area contributed by atoms with Crippen molar-refractivity contribution in [2.75, 3.05) is 6.61 Å². The van der Waals surface area contributed by atoms with Crippen LogP contribution < -0.4 is 10.6 Å². The van der Waals surface area contributed by atoms with Gasteiger partial charge < -0.3 is 10.1 Å². The number of ether oxygens (including phenoxy) is 1. The summed E-state index contributed by atoms with van der Waals surface area (Å²) in [5.41, 5.74) is 1.68. The van der Waals surface area contributed by atoms with Crippen LogP contribution in [0.25, 0.3) is 6.08 Å². The summed E-state index contributed by atoms with van der Waals surface area (Å²) < 4.78 is 4.75. The summed E-state index contributed by atoms with van der Waals surface area (Å²) in [4.78, 5) is 34.3. The average Bonchev–Trinajstić information content (AvgIpc) is 3.30. The molecule has 0 bridgehead atoms. The monoisotopic (exact) mass is 336 g/mol. The molecule has 1 fully saturated rings. The van der Waals surface area contributed by atoms with Crippen molar-refractivity contribution in [1.29, 1.82) is 0 Å². The van der Waals surface area contributed by atoms with Crippen molar-refractivity contribution in [3.63, 3.8) is 0 Å². The van der Waals surface area contributed by atoms with Gasteiger partial charge in [0.25, 0.3) is 5.91 Å². The molecule has 1 aliphatic rings. The molecule has 0 atom stereocenters. The Balaban J connectivity index is 1.73. The minimum atomic E-state index is -0.681. The molecule has 1 aliphatic carbocycles. The molecule has 7 heteroatoms. The van der Waals surface area contributed by atoms with Crippen LogP contribution in [0.5, 0.6) is 0 Å². The molecule has 0 saturated heterocycles.